The Balaban J connectivity index is 1.85. The Morgan fingerprint density at radius 1 is 1.32 bits per heavy atom. The number of imidazole rings is 1. The number of sulfone groups is 1. The van der Waals surface area contributed by atoms with E-state index in [1.165, 1.54) is 11.2 Å². The average molecular weight is 446 g/mol. The van der Waals surface area contributed by atoms with Gasteiger partial charge in [-0.05, 0) is 44.4 Å². The molecule has 1 aliphatic rings. The first-order chi connectivity index (χ1) is 14.7. The first-order valence-electron chi connectivity index (χ1n) is 10.3. The lowest BCUT2D eigenvalue weighted by atomic mass is 9.94. The fourth-order valence-corrected chi connectivity index (χ4v) is 4.91. The summed E-state index contributed by atoms with van der Waals surface area (Å²) in [7, 11) is -3.15. The maximum atomic E-state index is 11.9. The van der Waals surface area contributed by atoms with E-state index in [0.717, 1.165) is 40.8 Å². The summed E-state index contributed by atoms with van der Waals surface area (Å²) in [5.74, 6) is 0.799. The van der Waals surface area contributed by atoms with Gasteiger partial charge in [-0.1, -0.05) is 0 Å². The van der Waals surface area contributed by atoms with Crippen LogP contribution in [0, 0.1) is 6.92 Å². The van der Waals surface area contributed by atoms with Gasteiger partial charge in [0.25, 0.3) is 0 Å². The quantitative estimate of drug-likeness (QED) is 0.625. The first kappa shape index (κ1) is 21.4. The Hall–Kier alpha value is -2.88. The van der Waals surface area contributed by atoms with Gasteiger partial charge in [0.1, 0.15) is 15.7 Å². The van der Waals surface area contributed by atoms with Crippen LogP contribution < -0.4 is 4.90 Å². The Labute approximate surface area is 181 Å². The minimum atomic E-state index is -3.15. The molecule has 3 heterocycles. The van der Waals surface area contributed by atoms with Crippen molar-refractivity contribution in [2.45, 2.75) is 52.2 Å². The maximum absolute atomic E-state index is 11.9. The van der Waals surface area contributed by atoms with Crippen LogP contribution in [0.5, 0.6) is 0 Å². The van der Waals surface area contributed by atoms with E-state index in [1.807, 2.05) is 41.4 Å². The zero-order valence-corrected chi connectivity index (χ0v) is 18.8. The van der Waals surface area contributed by atoms with Gasteiger partial charge in [0.05, 0.1) is 22.5 Å². The predicted molar refractivity (Wildman–Crippen MR) is 118 cm³/mol. The van der Waals surface area contributed by atoms with Crippen LogP contribution in [-0.4, -0.2) is 57.0 Å². The van der Waals surface area contributed by atoms with Crippen LogP contribution in [0.1, 0.15) is 30.3 Å². The highest BCUT2D eigenvalue weighted by atomic mass is 32.2. The van der Waals surface area contributed by atoms with Crippen molar-refractivity contribution in [3.63, 3.8) is 0 Å². The molecule has 0 radical (unpaired) electrons. The topological polar surface area (TPSA) is 110 Å². The summed E-state index contributed by atoms with van der Waals surface area (Å²) in [6.45, 7) is 4.77. The summed E-state index contributed by atoms with van der Waals surface area (Å²) < 4.78 is 27.5. The number of anilines is 1. The van der Waals surface area contributed by atoms with Gasteiger partial charge in [-0.15, -0.1) is 0 Å². The molecule has 2 aromatic heterocycles. The third kappa shape index (κ3) is 4.16. The van der Waals surface area contributed by atoms with Gasteiger partial charge in [-0.25, -0.2) is 18.2 Å². The van der Waals surface area contributed by atoms with Crippen molar-refractivity contribution in [3.05, 3.63) is 41.5 Å². The second-order valence-electron chi connectivity index (χ2n) is 8.26. The molecule has 0 saturated heterocycles. The lowest BCUT2D eigenvalue weighted by Crippen LogP contribution is -2.41. The molecule has 10 heteroatoms. The molecule has 0 fully saturated rings. The van der Waals surface area contributed by atoms with Gasteiger partial charge in [-0.3, -0.25) is 9.58 Å². The van der Waals surface area contributed by atoms with E-state index in [0.29, 0.717) is 25.2 Å². The van der Waals surface area contributed by atoms with E-state index in [9.17, 15) is 18.3 Å². The van der Waals surface area contributed by atoms with E-state index in [-0.39, 0.29) is 11.8 Å². The molecule has 1 atom stereocenters. The summed E-state index contributed by atoms with van der Waals surface area (Å²) in [6, 6.07) is 3.65. The smallest absolute Gasteiger partial charge is 0.412 e. The van der Waals surface area contributed by atoms with Crippen molar-refractivity contribution < 1.29 is 18.3 Å². The molecule has 3 aromatic rings. The van der Waals surface area contributed by atoms with Crippen molar-refractivity contribution >= 4 is 32.7 Å². The van der Waals surface area contributed by atoms with Crippen molar-refractivity contribution in [1.82, 2.24) is 19.3 Å². The van der Waals surface area contributed by atoms with Crippen molar-refractivity contribution in [2.75, 3.05) is 16.9 Å². The van der Waals surface area contributed by atoms with Crippen LogP contribution in [0.2, 0.25) is 0 Å². The number of carboxylic acid groups (broad SMARTS) is 1. The monoisotopic (exact) mass is 445 g/mol. The van der Waals surface area contributed by atoms with Crippen LogP contribution in [0.15, 0.2) is 24.5 Å². The number of hydrogen-bond acceptors (Lipinski definition) is 5. The number of carbonyl (C=O) groups is 1. The largest absolute Gasteiger partial charge is 0.465 e. The van der Waals surface area contributed by atoms with Crippen molar-refractivity contribution in [1.29, 1.82) is 0 Å². The molecule has 1 aliphatic heterocycles. The molecular weight excluding hydrogens is 418 g/mol. The minimum Gasteiger partial charge on any atom is -0.465 e. The van der Waals surface area contributed by atoms with Crippen LogP contribution in [0.4, 0.5) is 10.5 Å². The SMILES string of the molecule is Cc1cc2c(c3nc(CCn4cccn4)n(CCS(C)(=O)=O)c13)CCC(C)N2C(=O)O. The predicted octanol–water partition coefficient (Wildman–Crippen LogP) is 2.65. The molecule has 1 unspecified atom stereocenters. The molecule has 0 aliphatic carbocycles. The van der Waals surface area contributed by atoms with Gasteiger partial charge < -0.3 is 9.67 Å². The maximum Gasteiger partial charge on any atom is 0.412 e. The molecule has 31 heavy (non-hydrogen) atoms. The van der Waals surface area contributed by atoms with E-state index in [4.69, 9.17) is 4.98 Å². The van der Waals surface area contributed by atoms with E-state index >= 15 is 0 Å². The molecule has 166 valence electrons. The molecule has 4 rings (SSSR count). The fourth-order valence-electron chi connectivity index (χ4n) is 4.40. The first-order valence-corrected chi connectivity index (χ1v) is 12.4. The van der Waals surface area contributed by atoms with E-state index in [1.54, 1.807) is 6.20 Å². The summed E-state index contributed by atoms with van der Waals surface area (Å²) >= 11 is 0. The normalized spacial score (nSPS) is 16.6. The molecule has 1 N–H and O–H groups in total. The summed E-state index contributed by atoms with van der Waals surface area (Å²) in [5, 5.41) is 14.0. The standard InChI is InChI=1S/C21H27N5O4S/c1-14-13-17-16(6-5-15(2)26(17)21(27)28)19-20(14)25(11-12-31(3,29)30)18(23-19)7-10-24-9-4-8-22-24/h4,8-9,13,15H,5-7,10-12H2,1-3H3,(H,27,28). The minimum absolute atomic E-state index is 0.0159. The summed E-state index contributed by atoms with van der Waals surface area (Å²) in [4.78, 5) is 18.3. The van der Waals surface area contributed by atoms with Crippen LogP contribution in [0.25, 0.3) is 11.0 Å². The third-order valence-corrected chi connectivity index (χ3v) is 6.82. The van der Waals surface area contributed by atoms with Gasteiger partial charge in [0, 0.05) is 49.8 Å². The molecular formula is C21H27N5O4S. The Kier molecular flexibility index (Phi) is 5.50. The number of rotatable bonds is 6. The molecule has 0 bridgehead atoms. The second kappa shape index (κ2) is 7.99. The molecule has 0 spiro atoms. The third-order valence-electron chi connectivity index (χ3n) is 5.90. The second-order valence-corrected chi connectivity index (χ2v) is 10.5. The Morgan fingerprint density at radius 3 is 2.74 bits per heavy atom. The van der Waals surface area contributed by atoms with Crippen LogP contribution >= 0.6 is 0 Å². The van der Waals surface area contributed by atoms with E-state index in [2.05, 4.69) is 5.10 Å². The highest BCUT2D eigenvalue weighted by molar-refractivity contribution is 7.90. The Morgan fingerprint density at radius 2 is 2.10 bits per heavy atom. The fraction of sp³-hybridized carbons (Fsp3) is 0.476. The van der Waals surface area contributed by atoms with Gasteiger partial charge >= 0.3 is 6.09 Å². The summed E-state index contributed by atoms with van der Waals surface area (Å²) in [5.41, 5.74) is 4.15. The van der Waals surface area contributed by atoms with Gasteiger partial charge in [0.2, 0.25) is 0 Å². The number of nitrogens with zero attached hydrogens (tertiary/aromatic N) is 5. The van der Waals surface area contributed by atoms with Gasteiger partial charge in [-0.2, -0.15) is 5.10 Å². The van der Waals surface area contributed by atoms with Crippen LogP contribution in [0.3, 0.4) is 0 Å². The molecule has 0 saturated carbocycles. The highest BCUT2D eigenvalue weighted by Gasteiger charge is 2.31. The Bertz CT molecular complexity index is 1230. The average Bonchev–Trinajstić information content (AvgIpc) is 3.31. The number of aromatic nitrogens is 4. The van der Waals surface area contributed by atoms with Crippen molar-refractivity contribution in [3.8, 4) is 0 Å². The van der Waals surface area contributed by atoms with Gasteiger partial charge in [0.15, 0.2) is 0 Å². The number of aryl methyl sites for hydroxylation is 5. The number of fused-ring (bicyclic) bond motifs is 3. The van der Waals surface area contributed by atoms with E-state index < -0.39 is 15.9 Å². The number of benzene rings is 1. The number of hydrogen-bond donors (Lipinski definition) is 1. The molecule has 9 nitrogen and oxygen atoms in total. The van der Waals surface area contributed by atoms with Crippen molar-refractivity contribution in [2.24, 2.45) is 0 Å². The zero-order valence-electron chi connectivity index (χ0n) is 17.9. The number of amides is 1. The molecule has 1 amide bonds. The zero-order chi connectivity index (χ0) is 22.3. The lowest BCUT2D eigenvalue weighted by molar-refractivity contribution is 0.198. The summed E-state index contributed by atoms with van der Waals surface area (Å²) in [6.07, 6.45) is 5.90. The molecule has 1 aromatic carbocycles. The lowest BCUT2D eigenvalue weighted by Gasteiger charge is -2.33. The van der Waals surface area contributed by atoms with Crippen LogP contribution in [-0.2, 0) is 35.8 Å². The highest BCUT2D eigenvalue weighted by Crippen LogP contribution is 2.38.